The van der Waals surface area contributed by atoms with Crippen molar-refractivity contribution in [3.63, 3.8) is 0 Å². The van der Waals surface area contributed by atoms with Crippen LogP contribution in [0.2, 0.25) is 0 Å². The first-order valence-electron chi connectivity index (χ1n) is 8.04. The lowest BCUT2D eigenvalue weighted by molar-refractivity contribution is -0.119. The molecule has 3 N–H and O–H groups in total. The van der Waals surface area contributed by atoms with E-state index in [9.17, 15) is 9.59 Å². The van der Waals surface area contributed by atoms with Crippen LogP contribution >= 0.6 is 12.2 Å². The Bertz CT molecular complexity index is 753. The molecule has 0 aliphatic rings. The Labute approximate surface area is 151 Å². The van der Waals surface area contributed by atoms with Gasteiger partial charge in [0.2, 0.25) is 11.7 Å². The molecule has 0 aliphatic carbocycles. The third-order valence-electron chi connectivity index (χ3n) is 3.50. The lowest BCUT2D eigenvalue weighted by Crippen LogP contribution is -2.33. The Kier molecular flexibility index (Phi) is 6.71. The van der Waals surface area contributed by atoms with Gasteiger partial charge in [-0.1, -0.05) is 19.8 Å². The smallest absolute Gasteiger partial charge is 0.371 e. The highest BCUT2D eigenvalue weighted by Gasteiger charge is 2.10. The second kappa shape index (κ2) is 8.98. The van der Waals surface area contributed by atoms with Crippen molar-refractivity contribution in [3.8, 4) is 11.3 Å². The minimum absolute atomic E-state index is 0.0978. The summed E-state index contributed by atoms with van der Waals surface area (Å²) >= 11 is 5.12. The fourth-order valence-electron chi connectivity index (χ4n) is 2.21. The number of thiocarbonyl (C=S) groups is 1. The molecule has 0 saturated carbocycles. The van der Waals surface area contributed by atoms with Gasteiger partial charge in [-0.05, 0) is 55.0 Å². The number of furan rings is 1. The predicted octanol–water partition coefficient (Wildman–Crippen LogP) is 4.04. The number of carbonyl (C=O) groups excluding carboxylic acids is 1. The summed E-state index contributed by atoms with van der Waals surface area (Å²) in [4.78, 5) is 22.6. The molecule has 7 heteroatoms. The SMILES string of the molecule is CCCCCC(=O)NC(=S)Nc1ccc(-c2ccc(C(=O)O)o2)cc1. The van der Waals surface area contributed by atoms with Gasteiger partial charge in [0.25, 0.3) is 0 Å². The number of benzene rings is 1. The van der Waals surface area contributed by atoms with Crippen LogP contribution < -0.4 is 10.6 Å². The first kappa shape index (κ1) is 18.7. The van der Waals surface area contributed by atoms with Gasteiger partial charge in [-0.15, -0.1) is 0 Å². The molecule has 0 atom stereocenters. The number of nitrogens with one attached hydrogen (secondary N) is 2. The molecule has 0 saturated heterocycles. The molecule has 0 aliphatic heterocycles. The molecule has 0 radical (unpaired) electrons. The summed E-state index contributed by atoms with van der Waals surface area (Å²) in [6.45, 7) is 2.08. The van der Waals surface area contributed by atoms with Gasteiger partial charge in [0.05, 0.1) is 0 Å². The average molecular weight is 360 g/mol. The van der Waals surface area contributed by atoms with Gasteiger partial charge >= 0.3 is 5.97 Å². The maximum absolute atomic E-state index is 11.7. The molecule has 2 aromatic rings. The number of hydrogen-bond donors (Lipinski definition) is 3. The number of carboxylic acid groups (broad SMARTS) is 1. The topological polar surface area (TPSA) is 91.6 Å². The quantitative estimate of drug-likeness (QED) is 0.510. The number of carboxylic acids is 1. The van der Waals surface area contributed by atoms with Gasteiger partial charge in [-0.25, -0.2) is 4.79 Å². The van der Waals surface area contributed by atoms with Crippen LogP contribution in [0.3, 0.4) is 0 Å². The van der Waals surface area contributed by atoms with Crippen LogP contribution in [0.5, 0.6) is 0 Å². The summed E-state index contributed by atoms with van der Waals surface area (Å²) < 4.78 is 5.25. The van der Waals surface area contributed by atoms with Gasteiger partial charge in [0, 0.05) is 17.7 Å². The van der Waals surface area contributed by atoms with E-state index in [1.807, 2.05) is 0 Å². The number of anilines is 1. The van der Waals surface area contributed by atoms with Crippen molar-refractivity contribution in [1.82, 2.24) is 5.32 Å². The van der Waals surface area contributed by atoms with Crippen molar-refractivity contribution in [2.45, 2.75) is 32.6 Å². The Morgan fingerprint density at radius 2 is 1.84 bits per heavy atom. The monoisotopic (exact) mass is 360 g/mol. The second-order valence-electron chi connectivity index (χ2n) is 5.51. The molecule has 0 bridgehead atoms. The van der Waals surface area contributed by atoms with Gasteiger partial charge in [-0.3, -0.25) is 4.79 Å². The molecule has 132 valence electrons. The number of unbranched alkanes of at least 4 members (excludes halogenated alkanes) is 2. The van der Waals surface area contributed by atoms with Crippen LogP contribution in [-0.4, -0.2) is 22.1 Å². The van der Waals surface area contributed by atoms with E-state index >= 15 is 0 Å². The van der Waals surface area contributed by atoms with E-state index in [2.05, 4.69) is 17.6 Å². The molecule has 2 rings (SSSR count). The summed E-state index contributed by atoms with van der Waals surface area (Å²) in [6, 6.07) is 10.1. The van der Waals surface area contributed by atoms with E-state index in [0.29, 0.717) is 17.9 Å². The fraction of sp³-hybridized carbons (Fsp3) is 0.278. The molecule has 1 heterocycles. The van der Waals surface area contributed by atoms with Crippen LogP contribution in [0.4, 0.5) is 5.69 Å². The van der Waals surface area contributed by atoms with Gasteiger partial charge in [-0.2, -0.15) is 0 Å². The molecule has 0 fully saturated rings. The zero-order valence-corrected chi connectivity index (χ0v) is 14.7. The number of aromatic carboxylic acids is 1. The maximum Gasteiger partial charge on any atom is 0.371 e. The fourth-order valence-corrected chi connectivity index (χ4v) is 2.44. The Morgan fingerprint density at radius 3 is 2.44 bits per heavy atom. The molecule has 25 heavy (non-hydrogen) atoms. The van der Waals surface area contributed by atoms with Crippen molar-refractivity contribution in [2.75, 3.05) is 5.32 Å². The van der Waals surface area contributed by atoms with E-state index in [1.165, 1.54) is 6.07 Å². The molecule has 1 amide bonds. The Balaban J connectivity index is 1.90. The standard InChI is InChI=1S/C18H20N2O4S/c1-2-3-4-5-16(21)20-18(25)19-13-8-6-12(7-9-13)14-10-11-15(24-14)17(22)23/h6-11H,2-5H2,1H3,(H,22,23)(H2,19,20,21,25). The number of carbonyl (C=O) groups is 2. The lowest BCUT2D eigenvalue weighted by atomic mass is 10.1. The Morgan fingerprint density at radius 1 is 1.12 bits per heavy atom. The largest absolute Gasteiger partial charge is 0.475 e. The first-order chi connectivity index (χ1) is 12.0. The predicted molar refractivity (Wildman–Crippen MR) is 99.6 cm³/mol. The minimum atomic E-state index is -1.11. The van der Waals surface area contributed by atoms with Crippen molar-refractivity contribution >= 4 is 34.9 Å². The molecule has 0 unspecified atom stereocenters. The normalized spacial score (nSPS) is 10.3. The molecule has 0 spiro atoms. The summed E-state index contributed by atoms with van der Waals surface area (Å²) in [7, 11) is 0. The van der Waals surface area contributed by atoms with Crippen molar-refractivity contribution in [2.24, 2.45) is 0 Å². The van der Waals surface area contributed by atoms with Crippen molar-refractivity contribution < 1.29 is 19.1 Å². The zero-order valence-electron chi connectivity index (χ0n) is 13.9. The van der Waals surface area contributed by atoms with Crippen LogP contribution in [0, 0.1) is 0 Å². The summed E-state index contributed by atoms with van der Waals surface area (Å²) in [5.41, 5.74) is 1.46. The minimum Gasteiger partial charge on any atom is -0.475 e. The van der Waals surface area contributed by atoms with Crippen molar-refractivity contribution in [3.05, 3.63) is 42.2 Å². The van der Waals surface area contributed by atoms with Crippen LogP contribution in [0.1, 0.15) is 43.2 Å². The molecule has 6 nitrogen and oxygen atoms in total. The summed E-state index contributed by atoms with van der Waals surface area (Å²) in [5.74, 6) is -0.844. The second-order valence-corrected chi connectivity index (χ2v) is 5.91. The molecule has 1 aromatic heterocycles. The van der Waals surface area contributed by atoms with Crippen molar-refractivity contribution in [1.29, 1.82) is 0 Å². The van der Waals surface area contributed by atoms with Gasteiger partial charge in [0.1, 0.15) is 5.76 Å². The number of hydrogen-bond acceptors (Lipinski definition) is 4. The molecule has 1 aromatic carbocycles. The first-order valence-corrected chi connectivity index (χ1v) is 8.45. The highest BCUT2D eigenvalue weighted by molar-refractivity contribution is 7.80. The van der Waals surface area contributed by atoms with Gasteiger partial charge in [0.15, 0.2) is 5.11 Å². The third-order valence-corrected chi connectivity index (χ3v) is 3.71. The van der Waals surface area contributed by atoms with E-state index in [1.54, 1.807) is 30.3 Å². The number of amides is 1. The number of rotatable bonds is 7. The summed E-state index contributed by atoms with van der Waals surface area (Å²) in [6.07, 6.45) is 3.39. The lowest BCUT2D eigenvalue weighted by Gasteiger charge is -2.09. The Hall–Kier alpha value is -2.67. The average Bonchev–Trinajstić information content (AvgIpc) is 3.06. The molecular weight excluding hydrogens is 340 g/mol. The van der Waals surface area contributed by atoms with Crippen LogP contribution in [-0.2, 0) is 4.79 Å². The van der Waals surface area contributed by atoms with E-state index < -0.39 is 5.97 Å². The van der Waals surface area contributed by atoms with Crippen LogP contribution in [0.25, 0.3) is 11.3 Å². The maximum atomic E-state index is 11.7. The van der Waals surface area contributed by atoms with Crippen LogP contribution in [0.15, 0.2) is 40.8 Å². The highest BCUT2D eigenvalue weighted by atomic mass is 32.1. The molecular formula is C18H20N2O4S. The highest BCUT2D eigenvalue weighted by Crippen LogP contribution is 2.23. The van der Waals surface area contributed by atoms with E-state index in [0.717, 1.165) is 24.8 Å². The summed E-state index contributed by atoms with van der Waals surface area (Å²) in [5, 5.41) is 14.7. The van der Waals surface area contributed by atoms with Gasteiger partial charge < -0.3 is 20.2 Å². The van der Waals surface area contributed by atoms with E-state index in [4.69, 9.17) is 21.7 Å². The van der Waals surface area contributed by atoms with E-state index in [-0.39, 0.29) is 16.8 Å². The zero-order chi connectivity index (χ0) is 18.2. The third kappa shape index (κ3) is 5.72.